The normalized spacial score (nSPS) is 23.6. The smallest absolute Gasteiger partial charge is 0.144 e. The SMILES string of the molecule is CC(C)(CCN1CCCC(C(C)(C)C)CC1)C(N)=NO. The van der Waals surface area contributed by atoms with Crippen LogP contribution in [0.4, 0.5) is 0 Å². The van der Waals surface area contributed by atoms with Crippen molar-refractivity contribution in [1.82, 2.24) is 4.90 Å². The van der Waals surface area contributed by atoms with Crippen LogP contribution in [-0.4, -0.2) is 35.6 Å². The molecule has 1 rings (SSSR count). The first-order valence-corrected chi connectivity index (χ1v) is 7.87. The quantitative estimate of drug-likeness (QED) is 0.360. The average Bonchev–Trinajstić information content (AvgIpc) is 2.60. The van der Waals surface area contributed by atoms with Gasteiger partial charge in [0, 0.05) is 5.41 Å². The van der Waals surface area contributed by atoms with Crippen molar-refractivity contribution >= 4 is 5.84 Å². The van der Waals surface area contributed by atoms with E-state index in [1.54, 1.807) is 0 Å². The van der Waals surface area contributed by atoms with E-state index in [1.807, 2.05) is 13.8 Å². The first-order chi connectivity index (χ1) is 9.16. The molecule has 1 atom stereocenters. The van der Waals surface area contributed by atoms with E-state index in [2.05, 4.69) is 30.8 Å². The van der Waals surface area contributed by atoms with Gasteiger partial charge in [0.25, 0.3) is 0 Å². The summed E-state index contributed by atoms with van der Waals surface area (Å²) in [6, 6.07) is 0. The van der Waals surface area contributed by atoms with Crippen molar-refractivity contribution in [3.05, 3.63) is 0 Å². The lowest BCUT2D eigenvalue weighted by Gasteiger charge is -2.30. The second kappa shape index (κ2) is 6.79. The van der Waals surface area contributed by atoms with Gasteiger partial charge in [-0.25, -0.2) is 0 Å². The monoisotopic (exact) mass is 283 g/mol. The Bertz CT molecular complexity index is 331. The molecule has 0 bridgehead atoms. The highest BCUT2D eigenvalue weighted by atomic mass is 16.4. The fraction of sp³-hybridized carbons (Fsp3) is 0.938. The van der Waals surface area contributed by atoms with Gasteiger partial charge in [0.05, 0.1) is 0 Å². The molecule has 0 saturated carbocycles. The maximum atomic E-state index is 8.83. The van der Waals surface area contributed by atoms with Gasteiger partial charge in [0.1, 0.15) is 5.84 Å². The Morgan fingerprint density at radius 3 is 2.40 bits per heavy atom. The minimum Gasteiger partial charge on any atom is -0.409 e. The molecule has 0 aliphatic carbocycles. The molecule has 1 aliphatic heterocycles. The molecule has 4 nitrogen and oxygen atoms in total. The predicted octanol–water partition coefficient (Wildman–Crippen LogP) is 3.30. The second-order valence-corrected chi connectivity index (χ2v) is 7.95. The summed E-state index contributed by atoms with van der Waals surface area (Å²) < 4.78 is 0. The van der Waals surface area contributed by atoms with Crippen molar-refractivity contribution in [2.45, 2.75) is 60.3 Å². The number of oxime groups is 1. The van der Waals surface area contributed by atoms with Crippen molar-refractivity contribution in [2.24, 2.45) is 27.6 Å². The molecule has 0 aromatic heterocycles. The van der Waals surface area contributed by atoms with E-state index >= 15 is 0 Å². The molecule has 118 valence electrons. The molecule has 0 spiro atoms. The molecule has 1 aliphatic rings. The molecular formula is C16H33N3O. The topological polar surface area (TPSA) is 61.8 Å². The first-order valence-electron chi connectivity index (χ1n) is 7.87. The molecule has 0 aromatic rings. The lowest BCUT2D eigenvalue weighted by Crippen LogP contribution is -2.36. The molecule has 4 heteroatoms. The summed E-state index contributed by atoms with van der Waals surface area (Å²) in [5.74, 6) is 1.16. The van der Waals surface area contributed by atoms with E-state index in [0.717, 1.165) is 18.9 Å². The van der Waals surface area contributed by atoms with Gasteiger partial charge < -0.3 is 15.8 Å². The molecule has 0 amide bonds. The van der Waals surface area contributed by atoms with Crippen molar-refractivity contribution in [3.8, 4) is 0 Å². The molecule has 0 radical (unpaired) electrons. The zero-order valence-electron chi connectivity index (χ0n) is 13.9. The van der Waals surface area contributed by atoms with E-state index in [-0.39, 0.29) is 5.41 Å². The van der Waals surface area contributed by atoms with Gasteiger partial charge >= 0.3 is 0 Å². The number of hydrogen-bond donors (Lipinski definition) is 2. The van der Waals surface area contributed by atoms with Crippen LogP contribution in [0.2, 0.25) is 0 Å². The van der Waals surface area contributed by atoms with Crippen LogP contribution in [0.1, 0.15) is 60.3 Å². The average molecular weight is 283 g/mol. The fourth-order valence-electron chi connectivity index (χ4n) is 2.95. The molecule has 1 saturated heterocycles. The van der Waals surface area contributed by atoms with Crippen LogP contribution in [-0.2, 0) is 0 Å². The van der Waals surface area contributed by atoms with Gasteiger partial charge in [0.2, 0.25) is 0 Å². The maximum Gasteiger partial charge on any atom is 0.144 e. The Morgan fingerprint density at radius 1 is 1.20 bits per heavy atom. The molecule has 1 fully saturated rings. The Labute approximate surface area is 124 Å². The van der Waals surface area contributed by atoms with E-state index < -0.39 is 0 Å². The highest BCUT2D eigenvalue weighted by Crippen LogP contribution is 2.34. The third kappa shape index (κ3) is 4.97. The zero-order chi connectivity index (χ0) is 15.4. The van der Waals surface area contributed by atoms with Crippen molar-refractivity contribution < 1.29 is 5.21 Å². The third-order valence-corrected chi connectivity index (χ3v) is 4.90. The zero-order valence-corrected chi connectivity index (χ0v) is 13.9. The van der Waals surface area contributed by atoms with Gasteiger partial charge in [-0.05, 0) is 56.7 Å². The first kappa shape index (κ1) is 17.3. The molecule has 1 unspecified atom stereocenters. The second-order valence-electron chi connectivity index (χ2n) is 7.95. The summed E-state index contributed by atoms with van der Waals surface area (Å²) in [5.41, 5.74) is 5.95. The van der Waals surface area contributed by atoms with E-state index in [9.17, 15) is 0 Å². The number of rotatable bonds is 4. The van der Waals surface area contributed by atoms with Crippen LogP contribution < -0.4 is 5.73 Å². The highest BCUT2D eigenvalue weighted by Gasteiger charge is 2.28. The summed E-state index contributed by atoms with van der Waals surface area (Å²) in [6.45, 7) is 14.5. The van der Waals surface area contributed by atoms with Gasteiger partial charge in [-0.15, -0.1) is 0 Å². The fourth-order valence-corrected chi connectivity index (χ4v) is 2.95. The molecular weight excluding hydrogens is 250 g/mol. The lowest BCUT2D eigenvalue weighted by molar-refractivity contribution is 0.203. The van der Waals surface area contributed by atoms with E-state index in [1.165, 1.54) is 32.4 Å². The van der Waals surface area contributed by atoms with Crippen molar-refractivity contribution in [1.29, 1.82) is 0 Å². The van der Waals surface area contributed by atoms with Crippen LogP contribution in [0.3, 0.4) is 0 Å². The van der Waals surface area contributed by atoms with Crippen LogP contribution in [0, 0.1) is 16.7 Å². The molecule has 0 aromatic carbocycles. The van der Waals surface area contributed by atoms with Crippen LogP contribution in [0.25, 0.3) is 0 Å². The number of likely N-dealkylation sites (tertiary alicyclic amines) is 1. The summed E-state index contributed by atoms with van der Waals surface area (Å²) in [6.07, 6.45) is 4.84. The van der Waals surface area contributed by atoms with E-state index in [0.29, 0.717) is 11.3 Å². The van der Waals surface area contributed by atoms with Gasteiger partial charge in [-0.2, -0.15) is 0 Å². The Balaban J connectivity index is 2.47. The molecule has 1 heterocycles. The molecule has 20 heavy (non-hydrogen) atoms. The number of hydrogen-bond acceptors (Lipinski definition) is 3. The van der Waals surface area contributed by atoms with Crippen molar-refractivity contribution in [2.75, 3.05) is 19.6 Å². The lowest BCUT2D eigenvalue weighted by atomic mass is 9.77. The summed E-state index contributed by atoms with van der Waals surface area (Å²) in [5, 5.41) is 12.0. The van der Waals surface area contributed by atoms with E-state index in [4.69, 9.17) is 10.9 Å². The van der Waals surface area contributed by atoms with Gasteiger partial charge in [-0.3, -0.25) is 0 Å². The molecule has 3 N–H and O–H groups in total. The summed E-state index contributed by atoms with van der Waals surface area (Å²) in [4.78, 5) is 2.54. The number of nitrogens with two attached hydrogens (primary N) is 1. The van der Waals surface area contributed by atoms with Crippen LogP contribution >= 0.6 is 0 Å². The number of nitrogens with zero attached hydrogens (tertiary/aromatic N) is 2. The van der Waals surface area contributed by atoms with Gasteiger partial charge in [-0.1, -0.05) is 39.8 Å². The predicted molar refractivity (Wildman–Crippen MR) is 85.0 cm³/mol. The Hall–Kier alpha value is -0.770. The van der Waals surface area contributed by atoms with Gasteiger partial charge in [0.15, 0.2) is 0 Å². The summed E-state index contributed by atoms with van der Waals surface area (Å²) in [7, 11) is 0. The van der Waals surface area contributed by atoms with Crippen LogP contribution in [0.15, 0.2) is 5.16 Å². The largest absolute Gasteiger partial charge is 0.409 e. The van der Waals surface area contributed by atoms with Crippen LogP contribution in [0.5, 0.6) is 0 Å². The minimum atomic E-state index is -0.232. The standard InChI is InChI=1S/C16H33N3O/c1-15(2,3)13-7-6-10-19(11-8-13)12-9-16(4,5)14(17)18-20/h13,20H,6-12H2,1-5H3,(H2,17,18). The Morgan fingerprint density at radius 2 is 1.85 bits per heavy atom. The maximum absolute atomic E-state index is 8.83. The summed E-state index contributed by atoms with van der Waals surface area (Å²) >= 11 is 0. The van der Waals surface area contributed by atoms with Crippen molar-refractivity contribution in [3.63, 3.8) is 0 Å². The third-order valence-electron chi connectivity index (χ3n) is 4.90. The number of amidine groups is 1. The Kier molecular flexibility index (Phi) is 5.87. The minimum absolute atomic E-state index is 0.232. The highest BCUT2D eigenvalue weighted by molar-refractivity contribution is 5.85.